The Hall–Kier alpha value is 0.170. The van der Waals surface area contributed by atoms with Gasteiger partial charge in [0.1, 0.15) is 0 Å². The van der Waals surface area contributed by atoms with E-state index in [4.69, 9.17) is 0 Å². The van der Waals surface area contributed by atoms with E-state index in [0.717, 1.165) is 26.1 Å². The summed E-state index contributed by atoms with van der Waals surface area (Å²) in [6.45, 7) is 2.99. The summed E-state index contributed by atoms with van der Waals surface area (Å²) < 4.78 is 0. The minimum Gasteiger partial charge on any atom is -0.392 e. The van der Waals surface area contributed by atoms with Crippen molar-refractivity contribution >= 4 is 12.4 Å². The Morgan fingerprint density at radius 2 is 1.92 bits per heavy atom. The van der Waals surface area contributed by atoms with Crippen molar-refractivity contribution in [1.29, 1.82) is 0 Å². The van der Waals surface area contributed by atoms with Crippen LogP contribution in [0.2, 0.25) is 0 Å². The van der Waals surface area contributed by atoms with Crippen molar-refractivity contribution < 1.29 is 5.11 Å². The zero-order valence-corrected chi connectivity index (χ0v) is 7.99. The maximum absolute atomic E-state index is 9.36. The molecule has 0 aromatic heterocycles. The van der Waals surface area contributed by atoms with Gasteiger partial charge in [-0.3, -0.25) is 0 Å². The van der Waals surface area contributed by atoms with Crippen LogP contribution >= 0.6 is 12.4 Å². The molecule has 0 amide bonds. The maximum Gasteiger partial charge on any atom is 0.0682 e. The lowest BCUT2D eigenvalue weighted by Crippen LogP contribution is -2.48. The number of rotatable bonds is 0. The zero-order valence-electron chi connectivity index (χ0n) is 7.18. The molecule has 2 rings (SSSR count). The van der Waals surface area contributed by atoms with Gasteiger partial charge in [-0.1, -0.05) is 0 Å². The molecule has 2 fully saturated rings. The third-order valence-corrected chi connectivity index (χ3v) is 2.90. The summed E-state index contributed by atoms with van der Waals surface area (Å²) in [6.07, 6.45) is 3.19. The second-order valence-electron chi connectivity index (χ2n) is 3.77. The molecule has 0 aromatic carbocycles. The Morgan fingerprint density at radius 3 is 2.42 bits per heavy atom. The molecule has 0 radical (unpaired) electrons. The van der Waals surface area contributed by atoms with E-state index in [0.29, 0.717) is 0 Å². The molecule has 2 heterocycles. The van der Waals surface area contributed by atoms with Crippen LogP contribution in [0.3, 0.4) is 0 Å². The molecule has 0 saturated carbocycles. The number of nitrogens with one attached hydrogen (secondary N) is 2. The topological polar surface area (TPSA) is 44.3 Å². The Morgan fingerprint density at radius 1 is 1.25 bits per heavy atom. The average Bonchev–Trinajstić information content (AvgIpc) is 2.34. The molecule has 3 N–H and O–H groups in total. The summed E-state index contributed by atoms with van der Waals surface area (Å²) in [5.74, 6) is 0. The van der Waals surface area contributed by atoms with E-state index in [1.807, 2.05) is 0 Å². The zero-order chi connectivity index (χ0) is 7.73. The molecule has 1 atom stereocenters. The highest BCUT2D eigenvalue weighted by Gasteiger charge is 2.38. The lowest BCUT2D eigenvalue weighted by molar-refractivity contribution is 0.175. The number of hydrogen-bond donors (Lipinski definition) is 3. The summed E-state index contributed by atoms with van der Waals surface area (Å²) in [4.78, 5) is 0. The van der Waals surface area contributed by atoms with Crippen molar-refractivity contribution in [2.24, 2.45) is 0 Å². The first kappa shape index (κ1) is 10.3. The molecule has 2 aliphatic rings. The summed E-state index contributed by atoms with van der Waals surface area (Å²) in [5.41, 5.74) is 0.282. The number of halogens is 1. The second kappa shape index (κ2) is 3.92. The molecular formula is C8H17ClN2O. The quantitative estimate of drug-likeness (QED) is 0.502. The summed E-state index contributed by atoms with van der Waals surface area (Å²) >= 11 is 0. The smallest absolute Gasteiger partial charge is 0.0682 e. The van der Waals surface area contributed by atoms with Gasteiger partial charge in [0.05, 0.1) is 6.10 Å². The second-order valence-corrected chi connectivity index (χ2v) is 3.77. The van der Waals surface area contributed by atoms with Gasteiger partial charge in [-0.15, -0.1) is 12.4 Å². The first-order valence-electron chi connectivity index (χ1n) is 4.45. The Kier molecular flexibility index (Phi) is 3.35. The Balaban J connectivity index is 0.000000720. The number of β-amino-alcohol motifs (C(OH)–C–C–N with tert-alkyl or cyclic N) is 1. The van der Waals surface area contributed by atoms with Gasteiger partial charge >= 0.3 is 0 Å². The third kappa shape index (κ3) is 1.91. The van der Waals surface area contributed by atoms with E-state index < -0.39 is 0 Å². The molecule has 72 valence electrons. The van der Waals surface area contributed by atoms with Crippen LogP contribution in [-0.2, 0) is 0 Å². The Bertz CT molecular complexity index is 142. The lowest BCUT2D eigenvalue weighted by Gasteiger charge is -2.33. The van der Waals surface area contributed by atoms with Crippen LogP contribution in [0.4, 0.5) is 0 Å². The molecular weight excluding hydrogens is 176 g/mol. The standard InChI is InChI=1S/C8H16N2O.ClH/c11-7-5-8(10-6-7)1-3-9-4-2-8;/h7,9-11H,1-6H2;1H. The highest BCUT2D eigenvalue weighted by molar-refractivity contribution is 5.85. The van der Waals surface area contributed by atoms with Crippen molar-refractivity contribution in [2.45, 2.75) is 30.9 Å². The minimum absolute atomic E-state index is 0. The molecule has 2 aliphatic heterocycles. The van der Waals surface area contributed by atoms with E-state index in [1.54, 1.807) is 0 Å². The molecule has 0 bridgehead atoms. The van der Waals surface area contributed by atoms with Crippen LogP contribution in [0.25, 0.3) is 0 Å². The third-order valence-electron chi connectivity index (χ3n) is 2.90. The fourth-order valence-corrected chi connectivity index (χ4v) is 2.22. The van der Waals surface area contributed by atoms with Crippen LogP contribution in [0.1, 0.15) is 19.3 Å². The lowest BCUT2D eigenvalue weighted by atomic mass is 9.87. The van der Waals surface area contributed by atoms with Crippen LogP contribution in [0.5, 0.6) is 0 Å². The number of aliphatic hydroxyl groups is 1. The highest BCUT2D eigenvalue weighted by atomic mass is 35.5. The van der Waals surface area contributed by atoms with Crippen LogP contribution in [0, 0.1) is 0 Å². The van der Waals surface area contributed by atoms with Crippen LogP contribution in [0.15, 0.2) is 0 Å². The van der Waals surface area contributed by atoms with Crippen molar-refractivity contribution in [3.63, 3.8) is 0 Å². The van der Waals surface area contributed by atoms with Gasteiger partial charge in [0.15, 0.2) is 0 Å². The normalized spacial score (nSPS) is 33.2. The van der Waals surface area contributed by atoms with Gasteiger partial charge in [-0.05, 0) is 32.4 Å². The molecule has 0 aromatic rings. The Labute approximate surface area is 79.3 Å². The first-order chi connectivity index (χ1) is 5.31. The van der Waals surface area contributed by atoms with E-state index in [2.05, 4.69) is 10.6 Å². The van der Waals surface area contributed by atoms with E-state index in [1.165, 1.54) is 12.8 Å². The highest BCUT2D eigenvalue weighted by Crippen LogP contribution is 2.28. The van der Waals surface area contributed by atoms with E-state index >= 15 is 0 Å². The monoisotopic (exact) mass is 192 g/mol. The van der Waals surface area contributed by atoms with E-state index in [9.17, 15) is 5.11 Å². The minimum atomic E-state index is -0.104. The van der Waals surface area contributed by atoms with Crippen LogP contribution in [-0.4, -0.2) is 36.4 Å². The summed E-state index contributed by atoms with van der Waals surface area (Å²) in [7, 11) is 0. The average molecular weight is 193 g/mol. The molecule has 12 heavy (non-hydrogen) atoms. The molecule has 3 nitrogen and oxygen atoms in total. The van der Waals surface area contributed by atoms with Gasteiger partial charge in [0.2, 0.25) is 0 Å². The number of hydrogen-bond acceptors (Lipinski definition) is 3. The number of piperidine rings is 1. The fraction of sp³-hybridized carbons (Fsp3) is 1.00. The largest absolute Gasteiger partial charge is 0.392 e. The molecule has 0 aliphatic carbocycles. The predicted molar refractivity (Wildman–Crippen MR) is 50.7 cm³/mol. The fourth-order valence-electron chi connectivity index (χ4n) is 2.22. The van der Waals surface area contributed by atoms with Gasteiger partial charge in [0, 0.05) is 12.1 Å². The summed E-state index contributed by atoms with van der Waals surface area (Å²) in [5, 5.41) is 16.1. The molecule has 4 heteroatoms. The van der Waals surface area contributed by atoms with Gasteiger partial charge in [0.25, 0.3) is 0 Å². The number of aliphatic hydroxyl groups excluding tert-OH is 1. The van der Waals surface area contributed by atoms with Crippen molar-refractivity contribution in [3.8, 4) is 0 Å². The van der Waals surface area contributed by atoms with Gasteiger partial charge < -0.3 is 15.7 Å². The molecule has 2 saturated heterocycles. The van der Waals surface area contributed by atoms with Crippen molar-refractivity contribution in [1.82, 2.24) is 10.6 Å². The maximum atomic E-state index is 9.36. The predicted octanol–water partition coefficient (Wildman–Crippen LogP) is -0.115. The van der Waals surface area contributed by atoms with Crippen molar-refractivity contribution in [3.05, 3.63) is 0 Å². The van der Waals surface area contributed by atoms with E-state index in [-0.39, 0.29) is 24.0 Å². The van der Waals surface area contributed by atoms with Gasteiger partial charge in [-0.25, -0.2) is 0 Å². The molecule has 1 spiro atoms. The first-order valence-corrected chi connectivity index (χ1v) is 4.45. The van der Waals surface area contributed by atoms with Gasteiger partial charge in [-0.2, -0.15) is 0 Å². The van der Waals surface area contributed by atoms with Crippen molar-refractivity contribution in [2.75, 3.05) is 19.6 Å². The van der Waals surface area contributed by atoms with Crippen LogP contribution < -0.4 is 10.6 Å². The SMILES string of the molecule is Cl.OC1CNC2(CCNCC2)C1. The summed E-state index contributed by atoms with van der Waals surface area (Å²) in [6, 6.07) is 0. The molecule has 1 unspecified atom stereocenters.